The third kappa shape index (κ3) is 4.80. The maximum absolute atomic E-state index is 11.8. The van der Waals surface area contributed by atoms with E-state index in [4.69, 9.17) is 11.1 Å². The fourth-order valence-electron chi connectivity index (χ4n) is 3.55. The van der Waals surface area contributed by atoms with Gasteiger partial charge in [-0.25, -0.2) is 0 Å². The molecule has 0 bridgehead atoms. The standard InChI is InChI=1S/C18H26N4O2/c19-21-13-15(23)17(9-10-17)7-5-3-1-2-4-6-8-18(11-12-18)16(24)14-22-20/h13-14H,1-12H2. The van der Waals surface area contributed by atoms with Crippen molar-refractivity contribution in [3.05, 3.63) is 11.1 Å². The molecular formula is C18H26N4O2. The van der Waals surface area contributed by atoms with Crippen LogP contribution in [-0.4, -0.2) is 33.6 Å². The van der Waals surface area contributed by atoms with E-state index >= 15 is 0 Å². The minimum atomic E-state index is -0.223. The Bertz CT molecular complexity index is 526. The molecule has 6 nitrogen and oxygen atoms in total. The first-order valence-electron chi connectivity index (χ1n) is 9.02. The number of hydrogen-bond acceptors (Lipinski definition) is 2. The van der Waals surface area contributed by atoms with Gasteiger partial charge in [0.05, 0.1) is 0 Å². The van der Waals surface area contributed by atoms with Crippen molar-refractivity contribution >= 4 is 24.0 Å². The molecule has 0 aromatic rings. The van der Waals surface area contributed by atoms with Gasteiger partial charge in [-0.1, -0.05) is 38.5 Å². The summed E-state index contributed by atoms with van der Waals surface area (Å²) in [6.45, 7) is 0. The molecule has 0 aliphatic heterocycles. The summed E-state index contributed by atoms with van der Waals surface area (Å²) in [4.78, 5) is 29.2. The first-order valence-corrected chi connectivity index (χ1v) is 9.02. The van der Waals surface area contributed by atoms with Gasteiger partial charge in [-0.2, -0.15) is 9.58 Å². The Morgan fingerprint density at radius 3 is 1.33 bits per heavy atom. The number of carbonyl (C=O) groups excluding carboxylic acids is 2. The van der Waals surface area contributed by atoms with Gasteiger partial charge in [-0.05, 0) is 38.5 Å². The first kappa shape index (κ1) is 18.4. The maximum atomic E-state index is 11.8. The summed E-state index contributed by atoms with van der Waals surface area (Å²) in [5, 5.41) is 0. The number of Topliss-reactive ketones (excluding diaryl/α,β-unsaturated/α-hetero) is 2. The van der Waals surface area contributed by atoms with Gasteiger partial charge in [-0.15, -0.1) is 0 Å². The van der Waals surface area contributed by atoms with Crippen molar-refractivity contribution in [1.29, 1.82) is 0 Å². The van der Waals surface area contributed by atoms with Crippen LogP contribution in [0.15, 0.2) is 0 Å². The molecule has 0 atom stereocenters. The van der Waals surface area contributed by atoms with Crippen LogP contribution in [0.25, 0.3) is 11.1 Å². The quantitative estimate of drug-likeness (QED) is 0.223. The summed E-state index contributed by atoms with van der Waals surface area (Å²) in [6, 6.07) is 0. The van der Waals surface area contributed by atoms with E-state index in [1.165, 1.54) is 0 Å². The lowest BCUT2D eigenvalue weighted by atomic mass is 9.92. The fraction of sp³-hybridized carbons (Fsp3) is 0.778. The zero-order chi connectivity index (χ0) is 17.5. The fourth-order valence-corrected chi connectivity index (χ4v) is 3.55. The highest BCUT2D eigenvalue weighted by molar-refractivity contribution is 6.29. The lowest BCUT2D eigenvalue weighted by molar-refractivity contribution is -0.121. The average Bonchev–Trinajstić information content (AvgIpc) is 3.46. The zero-order valence-corrected chi connectivity index (χ0v) is 14.2. The Balaban J connectivity index is 1.51. The van der Waals surface area contributed by atoms with Crippen molar-refractivity contribution < 1.29 is 19.2 Å². The maximum Gasteiger partial charge on any atom is 0.323 e. The van der Waals surface area contributed by atoms with Crippen molar-refractivity contribution in [3.63, 3.8) is 0 Å². The molecule has 0 aromatic carbocycles. The van der Waals surface area contributed by atoms with Crippen LogP contribution in [0.5, 0.6) is 0 Å². The first-order chi connectivity index (χ1) is 11.6. The van der Waals surface area contributed by atoms with Crippen LogP contribution >= 0.6 is 0 Å². The third-order valence-electron chi connectivity index (χ3n) is 5.66. The highest BCUT2D eigenvalue weighted by Crippen LogP contribution is 2.51. The van der Waals surface area contributed by atoms with Crippen molar-refractivity contribution in [2.45, 2.75) is 77.0 Å². The van der Waals surface area contributed by atoms with Gasteiger partial charge in [0.2, 0.25) is 11.6 Å². The Kier molecular flexibility index (Phi) is 6.36. The average molecular weight is 330 g/mol. The van der Waals surface area contributed by atoms with Gasteiger partial charge in [0, 0.05) is 10.8 Å². The Morgan fingerprint density at radius 1 is 0.708 bits per heavy atom. The Labute approximate surface area is 142 Å². The van der Waals surface area contributed by atoms with Crippen LogP contribution in [0.1, 0.15) is 77.0 Å². The van der Waals surface area contributed by atoms with Crippen LogP contribution in [0.4, 0.5) is 0 Å². The topological polar surface area (TPSA) is 107 Å². The Morgan fingerprint density at radius 2 is 1.04 bits per heavy atom. The molecular weight excluding hydrogens is 304 g/mol. The zero-order valence-electron chi connectivity index (χ0n) is 14.2. The number of carbonyl (C=O) groups is 2. The molecule has 0 aromatic heterocycles. The normalized spacial score (nSPS) is 18.8. The van der Waals surface area contributed by atoms with E-state index in [2.05, 4.69) is 9.58 Å². The molecule has 130 valence electrons. The molecule has 2 fully saturated rings. The van der Waals surface area contributed by atoms with Gasteiger partial charge in [-0.3, -0.25) is 9.59 Å². The number of unbranched alkanes of at least 4 members (excludes halogenated alkanes) is 5. The van der Waals surface area contributed by atoms with Crippen molar-refractivity contribution in [2.75, 3.05) is 0 Å². The van der Waals surface area contributed by atoms with E-state index in [9.17, 15) is 9.59 Å². The molecule has 0 heterocycles. The highest BCUT2D eigenvalue weighted by atomic mass is 16.1. The molecule has 2 saturated carbocycles. The van der Waals surface area contributed by atoms with E-state index in [0.717, 1.165) is 89.5 Å². The summed E-state index contributed by atoms with van der Waals surface area (Å²) in [7, 11) is 0. The molecule has 2 rings (SSSR count). The number of hydrogen-bond donors (Lipinski definition) is 0. The number of ketones is 2. The van der Waals surface area contributed by atoms with Gasteiger partial charge in [0.25, 0.3) is 0 Å². The van der Waals surface area contributed by atoms with Gasteiger partial charge in [0.15, 0.2) is 0 Å². The van der Waals surface area contributed by atoms with Crippen LogP contribution < -0.4 is 0 Å². The minimum absolute atomic E-state index is 0.0317. The van der Waals surface area contributed by atoms with Crippen molar-refractivity contribution in [3.8, 4) is 0 Å². The highest BCUT2D eigenvalue weighted by Gasteiger charge is 2.50. The van der Waals surface area contributed by atoms with Crippen molar-refractivity contribution in [1.82, 2.24) is 0 Å². The van der Waals surface area contributed by atoms with E-state index in [0.29, 0.717) is 0 Å². The van der Waals surface area contributed by atoms with E-state index in [-0.39, 0.29) is 22.4 Å². The number of nitrogens with zero attached hydrogens (tertiary/aromatic N) is 4. The lowest BCUT2D eigenvalue weighted by Crippen LogP contribution is -2.17. The summed E-state index contributed by atoms with van der Waals surface area (Å²) in [5.41, 5.74) is 16.5. The number of rotatable bonds is 13. The molecule has 24 heavy (non-hydrogen) atoms. The molecule has 2 aliphatic carbocycles. The molecule has 2 aliphatic rings. The van der Waals surface area contributed by atoms with Crippen LogP contribution in [0.2, 0.25) is 0 Å². The van der Waals surface area contributed by atoms with Crippen LogP contribution in [-0.2, 0) is 9.59 Å². The molecule has 0 radical (unpaired) electrons. The summed E-state index contributed by atoms with van der Waals surface area (Å²) < 4.78 is 0. The van der Waals surface area contributed by atoms with E-state index in [1.807, 2.05) is 0 Å². The van der Waals surface area contributed by atoms with E-state index < -0.39 is 0 Å². The molecule has 0 unspecified atom stereocenters. The summed E-state index contributed by atoms with van der Waals surface area (Å²) in [5.74, 6) is -0.0633. The molecule has 0 saturated heterocycles. The largest absolute Gasteiger partial charge is 0.361 e. The SMILES string of the molecule is [N-]=[N+]=CC(=O)C1(CCCCCCCCC2(C(=O)C=[N+]=[N-])CC2)CC1. The van der Waals surface area contributed by atoms with Crippen molar-refractivity contribution in [2.24, 2.45) is 10.8 Å². The molecule has 0 amide bonds. The second-order valence-electron chi connectivity index (χ2n) is 7.40. The molecule has 6 heteroatoms. The second kappa shape index (κ2) is 8.27. The Hall–Kier alpha value is -1.90. The lowest BCUT2D eigenvalue weighted by Gasteiger charge is -2.10. The summed E-state index contributed by atoms with van der Waals surface area (Å²) in [6.07, 6.45) is 14.2. The smallest absolute Gasteiger partial charge is 0.323 e. The molecule has 0 N–H and O–H groups in total. The second-order valence-corrected chi connectivity index (χ2v) is 7.40. The predicted octanol–water partition coefficient (Wildman–Crippen LogP) is 3.41. The predicted molar refractivity (Wildman–Crippen MR) is 89.7 cm³/mol. The van der Waals surface area contributed by atoms with Crippen LogP contribution in [0, 0.1) is 10.8 Å². The van der Waals surface area contributed by atoms with Gasteiger partial charge >= 0.3 is 12.4 Å². The van der Waals surface area contributed by atoms with Gasteiger partial charge < -0.3 is 11.1 Å². The summed E-state index contributed by atoms with van der Waals surface area (Å²) >= 11 is 0. The van der Waals surface area contributed by atoms with Gasteiger partial charge in [0.1, 0.15) is 0 Å². The third-order valence-corrected chi connectivity index (χ3v) is 5.66. The minimum Gasteiger partial charge on any atom is -0.361 e. The monoisotopic (exact) mass is 330 g/mol. The van der Waals surface area contributed by atoms with E-state index in [1.54, 1.807) is 0 Å². The molecule has 0 spiro atoms. The van der Waals surface area contributed by atoms with Crippen LogP contribution in [0.3, 0.4) is 0 Å².